The summed E-state index contributed by atoms with van der Waals surface area (Å²) < 4.78 is 0. The van der Waals surface area contributed by atoms with Gasteiger partial charge >= 0.3 is 0 Å². The predicted octanol–water partition coefficient (Wildman–Crippen LogP) is 2.87. The maximum Gasteiger partial charge on any atom is 0.230 e. The van der Waals surface area contributed by atoms with Crippen molar-refractivity contribution in [2.45, 2.75) is 44.1 Å². The molecule has 1 aromatic rings. The number of nitrogens with zero attached hydrogens (tertiary/aromatic N) is 1. The second-order valence-corrected chi connectivity index (χ2v) is 6.80. The molecule has 1 aliphatic carbocycles. The van der Waals surface area contributed by atoms with Crippen LogP contribution in [0.5, 0.6) is 0 Å². The lowest BCUT2D eigenvalue weighted by Gasteiger charge is -2.30. The molecule has 1 N–H and O–H groups in total. The quantitative estimate of drug-likeness (QED) is 0.865. The highest BCUT2D eigenvalue weighted by Gasteiger charge is 2.53. The molecule has 114 valence electrons. The molecule has 0 unspecified atom stereocenters. The number of anilines is 1. The lowest BCUT2D eigenvalue weighted by Crippen LogP contribution is -2.44. The monoisotopic (exact) mass is 306 g/mol. The molecular weight excluding hydrogens is 284 g/mol. The maximum atomic E-state index is 12.9. The number of hydrogen-bond donors (Lipinski definition) is 1. The van der Waals surface area contributed by atoms with Gasteiger partial charge in [0, 0.05) is 29.6 Å². The van der Waals surface area contributed by atoms with Crippen LogP contribution in [0.4, 0.5) is 5.69 Å². The third-order valence-corrected chi connectivity index (χ3v) is 5.32. The lowest BCUT2D eigenvalue weighted by molar-refractivity contribution is -0.123. The number of carbonyl (C=O) groups is 1. The highest BCUT2D eigenvalue weighted by atomic mass is 35.5. The number of rotatable bonds is 1. The molecule has 21 heavy (non-hydrogen) atoms. The average Bonchev–Trinajstić information content (AvgIpc) is 3.17. The fraction of sp³-hybridized carbons (Fsp3) is 0.588. The fourth-order valence-electron chi connectivity index (χ4n) is 3.98. The Labute approximate surface area is 132 Å². The molecule has 0 radical (unpaired) electrons. The van der Waals surface area contributed by atoms with E-state index in [-0.39, 0.29) is 18.3 Å². The van der Waals surface area contributed by atoms with Crippen molar-refractivity contribution in [3.05, 3.63) is 29.8 Å². The molecule has 3 nitrogen and oxygen atoms in total. The van der Waals surface area contributed by atoms with E-state index in [1.807, 2.05) is 0 Å². The zero-order valence-electron chi connectivity index (χ0n) is 12.5. The number of amides is 1. The molecule has 1 amide bonds. The highest BCUT2D eigenvalue weighted by Crippen LogP contribution is 2.56. The van der Waals surface area contributed by atoms with Gasteiger partial charge in [-0.1, -0.05) is 18.2 Å². The van der Waals surface area contributed by atoms with E-state index in [2.05, 4.69) is 41.4 Å². The standard InChI is InChI=1S/C17H22N2O.ClH/c1-12-10-13(6-9-18-12)16(20)19-11-17(7-8-17)14-4-2-3-5-15(14)19;/h2-5,12-13,18H,6-11H2,1H3;1H/t12-,13-;/m0./s1. The number of piperidine rings is 1. The Balaban J connectivity index is 0.00000132. The second-order valence-electron chi connectivity index (χ2n) is 6.80. The van der Waals surface area contributed by atoms with Gasteiger partial charge in [-0.05, 0) is 50.8 Å². The van der Waals surface area contributed by atoms with Crippen molar-refractivity contribution in [2.24, 2.45) is 5.92 Å². The summed E-state index contributed by atoms with van der Waals surface area (Å²) in [5.74, 6) is 0.558. The van der Waals surface area contributed by atoms with Crippen LogP contribution < -0.4 is 10.2 Å². The average molecular weight is 307 g/mol. The van der Waals surface area contributed by atoms with E-state index in [9.17, 15) is 4.79 Å². The van der Waals surface area contributed by atoms with E-state index < -0.39 is 0 Å². The molecule has 0 bridgehead atoms. The van der Waals surface area contributed by atoms with Crippen LogP contribution >= 0.6 is 12.4 Å². The third kappa shape index (κ3) is 2.36. The Morgan fingerprint density at radius 1 is 1.33 bits per heavy atom. The largest absolute Gasteiger partial charge is 0.314 e. The lowest BCUT2D eigenvalue weighted by atomic mass is 9.92. The van der Waals surface area contributed by atoms with Crippen LogP contribution in [0.25, 0.3) is 0 Å². The Morgan fingerprint density at radius 3 is 2.81 bits per heavy atom. The summed E-state index contributed by atoms with van der Waals surface area (Å²) in [4.78, 5) is 15.0. The molecule has 2 atom stereocenters. The van der Waals surface area contributed by atoms with Gasteiger partial charge in [0.15, 0.2) is 0 Å². The number of hydrogen-bond acceptors (Lipinski definition) is 2. The van der Waals surface area contributed by atoms with Gasteiger partial charge in [-0.2, -0.15) is 0 Å². The van der Waals surface area contributed by atoms with E-state index in [1.54, 1.807) is 0 Å². The summed E-state index contributed by atoms with van der Waals surface area (Å²) in [5.41, 5.74) is 2.90. The molecule has 4 heteroatoms. The third-order valence-electron chi connectivity index (χ3n) is 5.32. The molecule has 2 fully saturated rings. The Morgan fingerprint density at radius 2 is 2.10 bits per heavy atom. The molecule has 1 saturated heterocycles. The number of nitrogens with one attached hydrogen (secondary N) is 1. The Bertz CT molecular complexity index is 555. The van der Waals surface area contributed by atoms with Crippen LogP contribution in [0.15, 0.2) is 24.3 Å². The molecule has 1 saturated carbocycles. The molecule has 2 aliphatic heterocycles. The molecule has 1 aromatic carbocycles. The molecule has 2 heterocycles. The van der Waals surface area contributed by atoms with E-state index in [1.165, 1.54) is 24.1 Å². The van der Waals surface area contributed by atoms with Crippen LogP contribution in [0.3, 0.4) is 0 Å². The molecule has 3 aliphatic rings. The van der Waals surface area contributed by atoms with Crippen LogP contribution in [-0.2, 0) is 10.2 Å². The minimum atomic E-state index is 0. The first-order valence-electron chi connectivity index (χ1n) is 7.84. The van der Waals surface area contributed by atoms with Gasteiger partial charge < -0.3 is 10.2 Å². The van der Waals surface area contributed by atoms with Crippen molar-refractivity contribution in [1.82, 2.24) is 5.32 Å². The van der Waals surface area contributed by atoms with E-state index in [4.69, 9.17) is 0 Å². The van der Waals surface area contributed by atoms with Gasteiger partial charge in [0.2, 0.25) is 5.91 Å². The molecular formula is C17H23ClN2O. The van der Waals surface area contributed by atoms with Crippen LogP contribution in [0.1, 0.15) is 38.2 Å². The Kier molecular flexibility index (Phi) is 3.74. The van der Waals surface area contributed by atoms with Crippen molar-refractivity contribution in [3.63, 3.8) is 0 Å². The zero-order chi connectivity index (χ0) is 13.7. The van der Waals surface area contributed by atoms with Gasteiger partial charge in [0.05, 0.1) is 0 Å². The first kappa shape index (κ1) is 14.9. The number of fused-ring (bicyclic) bond motifs is 2. The minimum Gasteiger partial charge on any atom is -0.314 e. The van der Waals surface area contributed by atoms with E-state index in [0.717, 1.165) is 25.9 Å². The van der Waals surface area contributed by atoms with Crippen molar-refractivity contribution >= 4 is 24.0 Å². The Hall–Kier alpha value is -1.06. The molecule has 4 rings (SSSR count). The normalized spacial score (nSPS) is 28.9. The van der Waals surface area contributed by atoms with Gasteiger partial charge in [-0.15, -0.1) is 12.4 Å². The summed E-state index contributed by atoms with van der Waals surface area (Å²) in [6, 6.07) is 8.99. The second kappa shape index (κ2) is 5.29. The first-order chi connectivity index (χ1) is 9.70. The summed E-state index contributed by atoms with van der Waals surface area (Å²) in [6.45, 7) is 4.07. The molecule has 1 spiro atoms. The smallest absolute Gasteiger partial charge is 0.230 e. The van der Waals surface area contributed by atoms with Gasteiger partial charge in [0.25, 0.3) is 0 Å². The van der Waals surface area contributed by atoms with Crippen molar-refractivity contribution in [1.29, 1.82) is 0 Å². The predicted molar refractivity (Wildman–Crippen MR) is 87.1 cm³/mol. The first-order valence-corrected chi connectivity index (χ1v) is 7.84. The van der Waals surface area contributed by atoms with Crippen LogP contribution in [-0.4, -0.2) is 25.0 Å². The number of benzene rings is 1. The van der Waals surface area contributed by atoms with E-state index in [0.29, 0.717) is 17.4 Å². The van der Waals surface area contributed by atoms with Crippen molar-refractivity contribution < 1.29 is 4.79 Å². The van der Waals surface area contributed by atoms with Gasteiger partial charge in [-0.25, -0.2) is 0 Å². The van der Waals surface area contributed by atoms with Gasteiger partial charge in [0.1, 0.15) is 0 Å². The van der Waals surface area contributed by atoms with Gasteiger partial charge in [-0.3, -0.25) is 4.79 Å². The maximum absolute atomic E-state index is 12.9. The highest BCUT2D eigenvalue weighted by molar-refractivity contribution is 5.98. The van der Waals surface area contributed by atoms with Crippen LogP contribution in [0, 0.1) is 5.92 Å². The summed E-state index contributed by atoms with van der Waals surface area (Å²) >= 11 is 0. The number of para-hydroxylation sites is 1. The van der Waals surface area contributed by atoms with Crippen molar-refractivity contribution in [2.75, 3.05) is 18.0 Å². The fourth-order valence-corrected chi connectivity index (χ4v) is 3.98. The summed E-state index contributed by atoms with van der Waals surface area (Å²) in [5, 5.41) is 3.43. The zero-order valence-corrected chi connectivity index (χ0v) is 13.3. The topological polar surface area (TPSA) is 32.3 Å². The SMILES string of the molecule is C[C@H]1C[C@@H](C(=O)N2CC3(CC3)c3ccccc32)CCN1.Cl. The summed E-state index contributed by atoms with van der Waals surface area (Å²) in [6.07, 6.45) is 4.45. The van der Waals surface area contributed by atoms with E-state index >= 15 is 0 Å². The number of carbonyl (C=O) groups excluding carboxylic acids is 1. The van der Waals surface area contributed by atoms with Crippen molar-refractivity contribution in [3.8, 4) is 0 Å². The summed E-state index contributed by atoms with van der Waals surface area (Å²) in [7, 11) is 0. The number of halogens is 1. The van der Waals surface area contributed by atoms with Crippen LogP contribution in [0.2, 0.25) is 0 Å². The molecule has 0 aromatic heterocycles. The minimum absolute atomic E-state index is 0.